The molecule has 128 valence electrons. The van der Waals surface area contributed by atoms with Crippen LogP contribution in [0.2, 0.25) is 0 Å². The Morgan fingerprint density at radius 2 is 1.92 bits per heavy atom. The first kappa shape index (κ1) is 16.9. The van der Waals surface area contributed by atoms with E-state index >= 15 is 0 Å². The second-order valence-electron chi connectivity index (χ2n) is 5.84. The summed E-state index contributed by atoms with van der Waals surface area (Å²) >= 11 is 0. The molecule has 1 heterocycles. The minimum atomic E-state index is -0.153. The maximum Gasteiger partial charge on any atom is 0.259 e. The molecule has 0 spiro atoms. The number of carbonyl (C=O) groups is 1. The number of carbonyl (C=O) groups excluding carboxylic acids is 1. The molecule has 3 aromatic rings. The Bertz CT molecular complexity index is 855. The minimum absolute atomic E-state index is 0.153. The van der Waals surface area contributed by atoms with Crippen molar-refractivity contribution in [3.05, 3.63) is 77.6 Å². The van der Waals surface area contributed by atoms with Crippen molar-refractivity contribution in [2.45, 2.75) is 20.4 Å². The second-order valence-corrected chi connectivity index (χ2v) is 5.84. The van der Waals surface area contributed by atoms with Gasteiger partial charge >= 0.3 is 0 Å². The van der Waals surface area contributed by atoms with Crippen LogP contribution in [-0.4, -0.2) is 22.2 Å². The van der Waals surface area contributed by atoms with Crippen molar-refractivity contribution in [3.8, 4) is 5.69 Å². The van der Waals surface area contributed by atoms with E-state index < -0.39 is 0 Å². The van der Waals surface area contributed by atoms with Crippen LogP contribution in [0.4, 0.5) is 5.69 Å². The number of nitrogens with one attached hydrogen (secondary N) is 2. The van der Waals surface area contributed by atoms with Gasteiger partial charge in [-0.1, -0.05) is 37.3 Å². The van der Waals surface area contributed by atoms with Crippen molar-refractivity contribution in [3.63, 3.8) is 0 Å². The Kier molecular flexibility index (Phi) is 5.26. The molecule has 0 bridgehead atoms. The molecule has 0 aliphatic rings. The SMILES string of the molecule is CCNCc1cccc(NC(=O)c2cn(-c3ccccc3)nc2C)c1. The van der Waals surface area contributed by atoms with Crippen LogP contribution < -0.4 is 10.6 Å². The smallest absolute Gasteiger partial charge is 0.259 e. The number of anilines is 1. The first-order chi connectivity index (χ1) is 12.2. The summed E-state index contributed by atoms with van der Waals surface area (Å²) in [5, 5.41) is 10.7. The summed E-state index contributed by atoms with van der Waals surface area (Å²) in [5.74, 6) is -0.153. The van der Waals surface area contributed by atoms with Crippen molar-refractivity contribution in [2.24, 2.45) is 0 Å². The Morgan fingerprint density at radius 1 is 1.12 bits per heavy atom. The Balaban J connectivity index is 1.77. The summed E-state index contributed by atoms with van der Waals surface area (Å²) < 4.78 is 1.73. The van der Waals surface area contributed by atoms with Crippen LogP contribution in [0.25, 0.3) is 5.69 Å². The number of benzene rings is 2. The molecule has 2 N–H and O–H groups in total. The molecule has 0 fully saturated rings. The monoisotopic (exact) mass is 334 g/mol. The van der Waals surface area contributed by atoms with E-state index in [1.165, 1.54) is 0 Å². The molecule has 0 saturated heterocycles. The predicted octanol–water partition coefficient (Wildman–Crippen LogP) is 3.54. The van der Waals surface area contributed by atoms with Crippen molar-refractivity contribution in [1.29, 1.82) is 0 Å². The fourth-order valence-corrected chi connectivity index (χ4v) is 2.62. The molecular weight excluding hydrogens is 312 g/mol. The lowest BCUT2D eigenvalue weighted by atomic mass is 10.2. The molecule has 5 heteroatoms. The third-order valence-electron chi connectivity index (χ3n) is 3.93. The predicted molar refractivity (Wildman–Crippen MR) is 100 cm³/mol. The average Bonchev–Trinajstić information content (AvgIpc) is 3.03. The van der Waals surface area contributed by atoms with Gasteiger partial charge in [0.2, 0.25) is 0 Å². The lowest BCUT2D eigenvalue weighted by molar-refractivity contribution is 0.102. The fourth-order valence-electron chi connectivity index (χ4n) is 2.62. The number of rotatable bonds is 6. The molecule has 25 heavy (non-hydrogen) atoms. The molecule has 0 unspecified atom stereocenters. The number of hydrogen-bond donors (Lipinski definition) is 2. The highest BCUT2D eigenvalue weighted by Crippen LogP contribution is 2.16. The lowest BCUT2D eigenvalue weighted by Gasteiger charge is -2.07. The van der Waals surface area contributed by atoms with Gasteiger partial charge in [0.15, 0.2) is 0 Å². The minimum Gasteiger partial charge on any atom is -0.322 e. The molecule has 3 rings (SSSR count). The van der Waals surface area contributed by atoms with Crippen molar-refractivity contribution < 1.29 is 4.79 Å². The molecule has 0 aliphatic heterocycles. The molecule has 0 radical (unpaired) electrons. The number of amides is 1. The topological polar surface area (TPSA) is 58.9 Å². The zero-order valence-electron chi connectivity index (χ0n) is 14.5. The van der Waals surface area contributed by atoms with Gasteiger partial charge in [0.05, 0.1) is 16.9 Å². The zero-order chi connectivity index (χ0) is 17.6. The molecule has 1 amide bonds. The van der Waals surface area contributed by atoms with Gasteiger partial charge in [0, 0.05) is 18.4 Å². The number of aromatic nitrogens is 2. The van der Waals surface area contributed by atoms with Gasteiger partial charge in [-0.25, -0.2) is 4.68 Å². The third-order valence-corrected chi connectivity index (χ3v) is 3.93. The fraction of sp³-hybridized carbons (Fsp3) is 0.200. The summed E-state index contributed by atoms with van der Waals surface area (Å²) in [6.45, 7) is 5.61. The van der Waals surface area contributed by atoms with E-state index in [9.17, 15) is 4.79 Å². The first-order valence-corrected chi connectivity index (χ1v) is 8.40. The van der Waals surface area contributed by atoms with Crippen LogP contribution in [0.15, 0.2) is 60.8 Å². The van der Waals surface area contributed by atoms with Crippen molar-refractivity contribution in [1.82, 2.24) is 15.1 Å². The summed E-state index contributed by atoms with van der Waals surface area (Å²) in [7, 11) is 0. The highest BCUT2D eigenvalue weighted by atomic mass is 16.1. The van der Waals surface area contributed by atoms with Gasteiger partial charge in [-0.3, -0.25) is 4.79 Å². The summed E-state index contributed by atoms with van der Waals surface area (Å²) in [5.41, 5.74) is 4.12. The van der Waals surface area contributed by atoms with Crippen LogP contribution in [0, 0.1) is 6.92 Å². The molecule has 0 atom stereocenters. The number of nitrogens with zero attached hydrogens (tertiary/aromatic N) is 2. The highest BCUT2D eigenvalue weighted by molar-refractivity contribution is 6.05. The quantitative estimate of drug-likeness (QED) is 0.725. The van der Waals surface area contributed by atoms with Gasteiger partial charge in [-0.2, -0.15) is 5.10 Å². The van der Waals surface area contributed by atoms with E-state index in [2.05, 4.69) is 22.7 Å². The van der Waals surface area contributed by atoms with Crippen molar-refractivity contribution in [2.75, 3.05) is 11.9 Å². The molecular formula is C20H22N4O. The standard InChI is InChI=1S/C20H22N4O/c1-3-21-13-16-8-7-9-17(12-16)22-20(25)19-14-24(23-15(19)2)18-10-5-4-6-11-18/h4-12,14,21H,3,13H2,1-2H3,(H,22,25). The van der Waals surface area contributed by atoms with Crippen LogP contribution >= 0.6 is 0 Å². The van der Waals surface area contributed by atoms with Gasteiger partial charge < -0.3 is 10.6 Å². The Hall–Kier alpha value is -2.92. The van der Waals surface area contributed by atoms with Crippen LogP contribution in [0.5, 0.6) is 0 Å². The summed E-state index contributed by atoms with van der Waals surface area (Å²) in [6.07, 6.45) is 1.77. The molecule has 5 nitrogen and oxygen atoms in total. The van der Waals surface area contributed by atoms with Gasteiger partial charge in [0.25, 0.3) is 5.91 Å². The second kappa shape index (κ2) is 7.77. The number of hydrogen-bond acceptors (Lipinski definition) is 3. The Labute approximate surface area is 147 Å². The normalized spacial score (nSPS) is 10.6. The third kappa shape index (κ3) is 4.14. The van der Waals surface area contributed by atoms with Crippen LogP contribution in [0.1, 0.15) is 28.5 Å². The number of para-hydroxylation sites is 1. The molecule has 1 aromatic heterocycles. The highest BCUT2D eigenvalue weighted by Gasteiger charge is 2.14. The van der Waals surface area contributed by atoms with E-state index in [1.54, 1.807) is 10.9 Å². The Morgan fingerprint density at radius 3 is 2.68 bits per heavy atom. The van der Waals surface area contributed by atoms with Crippen LogP contribution in [0.3, 0.4) is 0 Å². The van der Waals surface area contributed by atoms with E-state index in [1.807, 2.05) is 61.5 Å². The molecule has 2 aromatic carbocycles. The molecule has 0 aliphatic carbocycles. The maximum absolute atomic E-state index is 12.6. The van der Waals surface area contributed by atoms with Crippen LogP contribution in [-0.2, 0) is 6.54 Å². The largest absolute Gasteiger partial charge is 0.322 e. The maximum atomic E-state index is 12.6. The van der Waals surface area contributed by atoms with Crippen molar-refractivity contribution >= 4 is 11.6 Å². The van der Waals surface area contributed by atoms with E-state index in [0.717, 1.165) is 30.0 Å². The molecule has 0 saturated carbocycles. The van der Waals surface area contributed by atoms with Gasteiger partial charge in [0.1, 0.15) is 0 Å². The summed E-state index contributed by atoms with van der Waals surface area (Å²) in [6, 6.07) is 17.6. The first-order valence-electron chi connectivity index (χ1n) is 8.40. The van der Waals surface area contributed by atoms with Gasteiger partial charge in [-0.15, -0.1) is 0 Å². The van der Waals surface area contributed by atoms with E-state index in [0.29, 0.717) is 11.3 Å². The average molecular weight is 334 g/mol. The lowest BCUT2D eigenvalue weighted by Crippen LogP contribution is -2.14. The summed E-state index contributed by atoms with van der Waals surface area (Å²) in [4.78, 5) is 12.6. The zero-order valence-corrected chi connectivity index (χ0v) is 14.5. The van der Waals surface area contributed by atoms with Gasteiger partial charge in [-0.05, 0) is 43.3 Å². The van der Waals surface area contributed by atoms with E-state index in [4.69, 9.17) is 0 Å². The van der Waals surface area contributed by atoms with E-state index in [-0.39, 0.29) is 5.91 Å². The number of aryl methyl sites for hydroxylation is 1.